The quantitative estimate of drug-likeness (QED) is 0.678. The Bertz CT molecular complexity index is 419. The van der Waals surface area contributed by atoms with E-state index in [1.807, 2.05) is 0 Å². The first kappa shape index (κ1) is 11.6. The van der Waals surface area contributed by atoms with Gasteiger partial charge in [-0.25, -0.2) is 0 Å². The molecule has 0 spiro atoms. The lowest BCUT2D eigenvalue weighted by Crippen LogP contribution is -2.07. The van der Waals surface area contributed by atoms with Crippen molar-refractivity contribution in [2.24, 2.45) is 0 Å². The van der Waals surface area contributed by atoms with Gasteiger partial charge in [-0.15, -0.1) is 0 Å². The van der Waals surface area contributed by atoms with Crippen LogP contribution in [0.25, 0.3) is 0 Å². The Labute approximate surface area is 94.0 Å². The first-order valence-corrected chi connectivity index (χ1v) is 4.89. The number of nitro benzene ring substituents is 1. The molecule has 1 rings (SSSR count). The first-order valence-electron chi connectivity index (χ1n) is 4.10. The zero-order valence-electron chi connectivity index (χ0n) is 7.81. The third kappa shape index (κ3) is 2.53. The van der Waals surface area contributed by atoms with Crippen molar-refractivity contribution in [3.05, 3.63) is 38.3 Å². The fourth-order valence-electron chi connectivity index (χ4n) is 1.08. The molecule has 0 saturated carbocycles. The highest BCUT2D eigenvalue weighted by molar-refractivity contribution is 9.10. The van der Waals surface area contributed by atoms with Crippen LogP contribution >= 0.6 is 15.9 Å². The standard InChI is InChI=1S/C9H8BrNO4/c1-5(9(12)13)6-2-3-7(10)8(4-6)11(14)15/h2-5H,1H3,(H,12,13). The average molecular weight is 274 g/mol. The third-order valence-corrected chi connectivity index (χ3v) is 2.71. The Morgan fingerprint density at radius 1 is 1.60 bits per heavy atom. The van der Waals surface area contributed by atoms with Crippen molar-refractivity contribution >= 4 is 27.6 Å². The lowest BCUT2D eigenvalue weighted by molar-refractivity contribution is -0.385. The Hall–Kier alpha value is -1.43. The Balaban J connectivity index is 3.18. The van der Waals surface area contributed by atoms with Gasteiger partial charge in [0.15, 0.2) is 0 Å². The van der Waals surface area contributed by atoms with E-state index in [9.17, 15) is 14.9 Å². The van der Waals surface area contributed by atoms with Crippen molar-refractivity contribution < 1.29 is 14.8 Å². The second-order valence-corrected chi connectivity index (χ2v) is 3.88. The van der Waals surface area contributed by atoms with E-state index < -0.39 is 16.8 Å². The lowest BCUT2D eigenvalue weighted by Gasteiger charge is -2.06. The molecule has 0 aliphatic rings. The number of benzene rings is 1. The number of nitro groups is 1. The van der Waals surface area contributed by atoms with Gasteiger partial charge in [-0.1, -0.05) is 6.07 Å². The summed E-state index contributed by atoms with van der Waals surface area (Å²) < 4.78 is 0.342. The molecular weight excluding hydrogens is 266 g/mol. The zero-order chi connectivity index (χ0) is 11.6. The van der Waals surface area contributed by atoms with Gasteiger partial charge < -0.3 is 5.11 Å². The van der Waals surface area contributed by atoms with Crippen LogP contribution in [0.1, 0.15) is 18.4 Å². The molecule has 5 nitrogen and oxygen atoms in total. The van der Waals surface area contributed by atoms with Gasteiger partial charge in [-0.3, -0.25) is 14.9 Å². The summed E-state index contributed by atoms with van der Waals surface area (Å²) in [5.74, 6) is -1.76. The summed E-state index contributed by atoms with van der Waals surface area (Å²) in [5.41, 5.74) is 0.290. The third-order valence-electron chi connectivity index (χ3n) is 2.04. The second-order valence-electron chi connectivity index (χ2n) is 3.03. The summed E-state index contributed by atoms with van der Waals surface area (Å²) >= 11 is 3.03. The van der Waals surface area contributed by atoms with Crippen molar-refractivity contribution in [2.45, 2.75) is 12.8 Å². The van der Waals surface area contributed by atoms with Gasteiger partial charge in [0.25, 0.3) is 5.69 Å². The lowest BCUT2D eigenvalue weighted by atomic mass is 10.0. The van der Waals surface area contributed by atoms with Crippen LogP contribution in [0.2, 0.25) is 0 Å². The maximum atomic E-state index is 10.7. The van der Waals surface area contributed by atoms with Crippen LogP contribution in [0.4, 0.5) is 5.69 Å². The largest absolute Gasteiger partial charge is 0.481 e. The van der Waals surface area contributed by atoms with E-state index in [2.05, 4.69) is 15.9 Å². The number of hydrogen-bond donors (Lipinski definition) is 1. The highest BCUT2D eigenvalue weighted by Crippen LogP contribution is 2.28. The van der Waals surface area contributed by atoms with Gasteiger partial charge in [-0.2, -0.15) is 0 Å². The number of nitrogens with zero attached hydrogens (tertiary/aromatic N) is 1. The van der Waals surface area contributed by atoms with Crippen molar-refractivity contribution in [2.75, 3.05) is 0 Å². The van der Waals surface area contributed by atoms with Crippen LogP contribution in [-0.2, 0) is 4.79 Å². The van der Waals surface area contributed by atoms with Gasteiger partial charge in [0.2, 0.25) is 0 Å². The molecule has 1 N–H and O–H groups in total. The molecular formula is C9H8BrNO4. The van der Waals surface area contributed by atoms with Crippen LogP contribution < -0.4 is 0 Å². The summed E-state index contributed by atoms with van der Waals surface area (Å²) in [6.45, 7) is 1.48. The Kier molecular flexibility index (Phi) is 3.41. The van der Waals surface area contributed by atoms with Crippen molar-refractivity contribution in [3.63, 3.8) is 0 Å². The number of carboxylic acids is 1. The molecule has 0 bridgehead atoms. The minimum Gasteiger partial charge on any atom is -0.481 e. The molecule has 0 radical (unpaired) electrons. The van der Waals surface area contributed by atoms with E-state index in [-0.39, 0.29) is 5.69 Å². The van der Waals surface area contributed by atoms with E-state index in [1.165, 1.54) is 19.1 Å². The number of halogens is 1. The first-order chi connectivity index (χ1) is 6.93. The van der Waals surface area contributed by atoms with Crippen LogP contribution in [0.5, 0.6) is 0 Å². The predicted octanol–water partition coefficient (Wildman–Crippen LogP) is 2.55. The summed E-state index contributed by atoms with van der Waals surface area (Å²) in [6, 6.07) is 4.30. The van der Waals surface area contributed by atoms with Crippen molar-refractivity contribution in [1.82, 2.24) is 0 Å². The topological polar surface area (TPSA) is 80.4 Å². The molecule has 1 aromatic carbocycles. The molecule has 0 amide bonds. The molecule has 6 heteroatoms. The highest BCUT2D eigenvalue weighted by Gasteiger charge is 2.19. The molecule has 1 aromatic rings. The van der Waals surface area contributed by atoms with Crippen molar-refractivity contribution in [3.8, 4) is 0 Å². The van der Waals surface area contributed by atoms with Crippen LogP contribution in [0, 0.1) is 10.1 Å². The normalized spacial score (nSPS) is 12.1. The van der Waals surface area contributed by atoms with Crippen LogP contribution in [0.3, 0.4) is 0 Å². The van der Waals surface area contributed by atoms with Crippen LogP contribution in [0.15, 0.2) is 22.7 Å². The van der Waals surface area contributed by atoms with Gasteiger partial charge in [0, 0.05) is 6.07 Å². The number of aliphatic carboxylic acids is 1. The predicted molar refractivity (Wildman–Crippen MR) is 56.8 cm³/mol. The van der Waals surface area contributed by atoms with E-state index in [0.717, 1.165) is 0 Å². The average Bonchev–Trinajstić information content (AvgIpc) is 2.16. The molecule has 0 saturated heterocycles. The fraction of sp³-hybridized carbons (Fsp3) is 0.222. The Morgan fingerprint density at radius 3 is 2.67 bits per heavy atom. The van der Waals surface area contributed by atoms with Gasteiger partial charge in [-0.05, 0) is 34.5 Å². The van der Waals surface area contributed by atoms with Crippen LogP contribution in [-0.4, -0.2) is 16.0 Å². The van der Waals surface area contributed by atoms with Gasteiger partial charge in [0.1, 0.15) is 0 Å². The van der Waals surface area contributed by atoms with Crippen molar-refractivity contribution in [1.29, 1.82) is 0 Å². The summed E-state index contributed by atoms with van der Waals surface area (Å²) in [7, 11) is 0. The summed E-state index contributed by atoms with van der Waals surface area (Å²) in [6.07, 6.45) is 0. The number of carboxylic acid groups (broad SMARTS) is 1. The molecule has 0 aliphatic heterocycles. The molecule has 15 heavy (non-hydrogen) atoms. The summed E-state index contributed by atoms with van der Waals surface area (Å²) in [4.78, 5) is 20.7. The van der Waals surface area contributed by atoms with Gasteiger partial charge in [0.05, 0.1) is 15.3 Å². The molecule has 0 aliphatic carbocycles. The maximum absolute atomic E-state index is 10.7. The molecule has 0 heterocycles. The number of rotatable bonds is 3. The summed E-state index contributed by atoms with van der Waals surface area (Å²) in [5, 5.41) is 19.3. The van der Waals surface area contributed by atoms with E-state index in [4.69, 9.17) is 5.11 Å². The molecule has 0 fully saturated rings. The molecule has 0 aromatic heterocycles. The van der Waals surface area contributed by atoms with E-state index in [1.54, 1.807) is 6.07 Å². The maximum Gasteiger partial charge on any atom is 0.310 e. The second kappa shape index (κ2) is 4.39. The minimum absolute atomic E-state index is 0.124. The molecule has 1 unspecified atom stereocenters. The van der Waals surface area contributed by atoms with Gasteiger partial charge >= 0.3 is 5.97 Å². The molecule has 1 atom stereocenters. The monoisotopic (exact) mass is 273 g/mol. The minimum atomic E-state index is -1.01. The van der Waals surface area contributed by atoms with E-state index >= 15 is 0 Å². The van der Waals surface area contributed by atoms with E-state index in [0.29, 0.717) is 10.0 Å². The number of carbonyl (C=O) groups is 1. The molecule has 80 valence electrons. The fourth-order valence-corrected chi connectivity index (χ4v) is 1.47. The smallest absolute Gasteiger partial charge is 0.310 e. The Morgan fingerprint density at radius 2 is 2.20 bits per heavy atom. The number of hydrogen-bond acceptors (Lipinski definition) is 3. The highest BCUT2D eigenvalue weighted by atomic mass is 79.9. The zero-order valence-corrected chi connectivity index (χ0v) is 9.39. The SMILES string of the molecule is CC(C(=O)O)c1ccc(Br)c([N+](=O)[O-])c1.